The third kappa shape index (κ3) is 26.3. The van der Waals surface area contributed by atoms with Crippen LogP contribution < -0.4 is 38.8 Å². The molecule has 2 N–H and O–H groups in total. The van der Waals surface area contributed by atoms with Crippen LogP contribution in [0.5, 0.6) is 0 Å². The highest BCUT2D eigenvalue weighted by atomic mass is 79.9. The standard InChI is InChI=1S/C20H27BN2O5S.C14H15BrN2O3S.C9H14N2O4S.C9H12N2O3.C8H12N2O2.C6H6N2O3/c1-14(2)23-18(24)12-9-16(22-23)13-29(25,26)17-10-7-15(8-11-17)21-27-19(3,4)20(5,6)28-21;1-10(2)17-14(18)8-5-12(16-17)9-21(19,20)13-6-3-11(15)4-7-13;1-7(2)11-9(12)5-4-8(10-11)6-15-16(3,13)14;1-6(2)11-8(12)5-4-7(10-11)9(13)14-3;1-6(2)10-8(12)4-3-7(5-11)9-10;1-11-6(10)4-2-3-5(9)8-7-4/h7-12,14H,13H2,1-6H3;3-8,10H,9H2,1-2H3;4-5,7H,6H2,1-3H3;4-6H,1-3H3;3-4,6,11H,5H2,1-2H3;2-3H,1H3,(H,8,9). The van der Waals surface area contributed by atoms with Crippen LogP contribution in [0.2, 0.25) is 0 Å². The van der Waals surface area contributed by atoms with Crippen molar-refractivity contribution in [3.05, 3.63) is 222 Å². The molecule has 32 nitrogen and oxygen atoms in total. The predicted octanol–water partition coefficient (Wildman–Crippen LogP) is 5.44. The number of halogens is 1. The molecule has 0 aliphatic carbocycles. The first kappa shape index (κ1) is 86.3. The largest absolute Gasteiger partial charge is 0.494 e. The minimum Gasteiger partial charge on any atom is -0.464 e. The van der Waals surface area contributed by atoms with Crippen molar-refractivity contribution >= 4 is 70.2 Å². The van der Waals surface area contributed by atoms with Crippen LogP contribution in [0, 0.1) is 0 Å². The quantitative estimate of drug-likeness (QED) is 0.0613. The van der Waals surface area contributed by atoms with Gasteiger partial charge < -0.3 is 23.9 Å². The van der Waals surface area contributed by atoms with Crippen LogP contribution in [-0.4, -0.2) is 140 Å². The summed E-state index contributed by atoms with van der Waals surface area (Å²) in [6.45, 7) is 25.9. The molecule has 7 heterocycles. The zero-order valence-corrected chi connectivity index (χ0v) is 64.1. The van der Waals surface area contributed by atoms with Gasteiger partial charge in [-0.2, -0.15) is 39.0 Å². The molecule has 2 aromatic carbocycles. The van der Waals surface area contributed by atoms with Gasteiger partial charge in [-0.15, -0.1) is 0 Å². The second-order valence-electron chi connectivity index (χ2n) is 24.9. The van der Waals surface area contributed by atoms with Gasteiger partial charge in [-0.05, 0) is 175 Å². The first-order valence-electron chi connectivity index (χ1n) is 31.6. The van der Waals surface area contributed by atoms with Gasteiger partial charge in [-0.25, -0.2) is 54.9 Å². The summed E-state index contributed by atoms with van der Waals surface area (Å²) in [6, 6.07) is 29.1. The smallest absolute Gasteiger partial charge is 0.464 e. The Morgan fingerprint density at radius 1 is 0.485 bits per heavy atom. The number of esters is 2. The normalized spacial score (nSPS) is 13.1. The topological polar surface area (TPSA) is 423 Å². The van der Waals surface area contributed by atoms with Crippen molar-refractivity contribution in [2.24, 2.45) is 0 Å². The fraction of sp³-hybridized carbons (Fsp3) is 0.424. The third-order valence-electron chi connectivity index (χ3n) is 14.5. The van der Waals surface area contributed by atoms with Crippen LogP contribution in [-0.2, 0) is 77.5 Å². The Morgan fingerprint density at radius 2 is 0.816 bits per heavy atom. The van der Waals surface area contributed by atoms with Gasteiger partial charge in [0.1, 0.15) is 6.61 Å². The van der Waals surface area contributed by atoms with E-state index in [-0.39, 0.29) is 109 Å². The molecule has 103 heavy (non-hydrogen) atoms. The van der Waals surface area contributed by atoms with E-state index >= 15 is 0 Å². The van der Waals surface area contributed by atoms with Crippen molar-refractivity contribution in [2.75, 3.05) is 20.5 Å². The molecule has 0 bridgehead atoms. The maximum Gasteiger partial charge on any atom is 0.494 e. The number of aromatic amines is 1. The van der Waals surface area contributed by atoms with Crippen molar-refractivity contribution < 1.29 is 62.9 Å². The van der Waals surface area contributed by atoms with Crippen molar-refractivity contribution in [1.82, 2.24) is 59.1 Å². The Morgan fingerprint density at radius 3 is 1.17 bits per heavy atom. The monoisotopic (exact) mass is 1550 g/mol. The Kier molecular flexibility index (Phi) is 31.7. The zero-order chi connectivity index (χ0) is 77.7. The van der Waals surface area contributed by atoms with E-state index in [1.54, 1.807) is 36.4 Å². The average molecular weight is 1550 g/mol. The van der Waals surface area contributed by atoms with E-state index in [0.29, 0.717) is 22.8 Å². The molecule has 1 saturated heterocycles. The van der Waals surface area contributed by atoms with Crippen molar-refractivity contribution in [3.63, 3.8) is 0 Å². The molecular formula is C66H86BBrN12O20S3. The number of benzene rings is 2. The van der Waals surface area contributed by atoms with Crippen LogP contribution in [0.1, 0.15) is 171 Å². The summed E-state index contributed by atoms with van der Waals surface area (Å²) in [5.41, 5.74) is 0.221. The number of rotatable bonds is 18. The molecule has 6 aromatic heterocycles. The van der Waals surface area contributed by atoms with Crippen LogP contribution in [0.25, 0.3) is 0 Å². The van der Waals surface area contributed by atoms with Crippen molar-refractivity contribution in [3.8, 4) is 0 Å². The predicted molar refractivity (Wildman–Crippen MR) is 386 cm³/mol. The van der Waals surface area contributed by atoms with Gasteiger partial charge in [0, 0.05) is 40.9 Å². The number of methoxy groups -OCH3 is 2. The number of aromatic nitrogens is 12. The van der Waals surface area contributed by atoms with E-state index in [1.165, 1.54) is 123 Å². The molecule has 37 heteroatoms. The number of carbonyl (C=O) groups excluding carboxylic acids is 2. The zero-order valence-electron chi connectivity index (χ0n) is 60.1. The molecule has 558 valence electrons. The van der Waals surface area contributed by atoms with Crippen LogP contribution in [0.15, 0.2) is 164 Å². The summed E-state index contributed by atoms with van der Waals surface area (Å²) in [5, 5.41) is 34.4. The highest BCUT2D eigenvalue weighted by Gasteiger charge is 2.51. The Labute approximate surface area is 604 Å². The fourth-order valence-corrected chi connectivity index (χ4v) is 11.5. The van der Waals surface area contributed by atoms with E-state index in [4.69, 9.17) is 14.4 Å². The van der Waals surface area contributed by atoms with Crippen LogP contribution in [0.3, 0.4) is 0 Å². The lowest BCUT2D eigenvalue weighted by molar-refractivity contribution is 0.00578. The number of carbonyl (C=O) groups is 2. The van der Waals surface area contributed by atoms with E-state index in [0.717, 1.165) is 16.2 Å². The minimum atomic E-state index is -3.61. The maximum absolute atomic E-state index is 12.8. The van der Waals surface area contributed by atoms with E-state index in [1.807, 2.05) is 96.9 Å². The fourth-order valence-electron chi connectivity index (χ4n) is 8.40. The third-order valence-corrected chi connectivity index (χ3v) is 18.9. The molecule has 0 unspecified atom stereocenters. The number of nitrogens with zero attached hydrogens (tertiary/aromatic N) is 11. The number of hydrogen-bond donors (Lipinski definition) is 2. The summed E-state index contributed by atoms with van der Waals surface area (Å²) >= 11 is 3.27. The van der Waals surface area contributed by atoms with Crippen LogP contribution in [0.4, 0.5) is 0 Å². The number of H-pyrrole nitrogens is 1. The molecule has 8 aromatic rings. The van der Waals surface area contributed by atoms with E-state index in [9.17, 15) is 63.6 Å². The van der Waals surface area contributed by atoms with Gasteiger partial charge in [-0.1, -0.05) is 28.1 Å². The summed E-state index contributed by atoms with van der Waals surface area (Å²) in [7, 11) is -8.62. The van der Waals surface area contributed by atoms with Crippen molar-refractivity contribution in [1.29, 1.82) is 0 Å². The summed E-state index contributed by atoms with van der Waals surface area (Å²) in [6.07, 6.45) is 0.964. The van der Waals surface area contributed by atoms with Gasteiger partial charge in [0.15, 0.2) is 31.1 Å². The molecule has 9 rings (SSSR count). The molecule has 0 atom stereocenters. The summed E-state index contributed by atoms with van der Waals surface area (Å²) in [5.74, 6) is -1.63. The maximum atomic E-state index is 12.8. The second-order valence-corrected chi connectivity index (χ2v) is 31.5. The van der Waals surface area contributed by atoms with E-state index in [2.05, 4.69) is 65.3 Å². The second kappa shape index (κ2) is 37.9. The van der Waals surface area contributed by atoms with Gasteiger partial charge >= 0.3 is 19.1 Å². The molecule has 0 spiro atoms. The molecular weight excluding hydrogens is 1470 g/mol. The molecule has 0 amide bonds. The number of nitrogens with one attached hydrogen (secondary N) is 1. The Bertz CT molecular complexity index is 4910. The van der Waals surface area contributed by atoms with Gasteiger partial charge in [0.05, 0.1) is 113 Å². The lowest BCUT2D eigenvalue weighted by Gasteiger charge is -2.32. The van der Waals surface area contributed by atoms with E-state index < -0.39 is 60.1 Å². The van der Waals surface area contributed by atoms with Crippen molar-refractivity contribution in [2.45, 2.75) is 173 Å². The SMILES string of the molecule is CC(C)n1nc(CO)ccc1=O.CC(C)n1nc(COS(C)(=O)=O)ccc1=O.CC(C)n1nc(CS(=O)(=O)c2ccc(B3OC(C)(C)C(C)(C)O3)cc2)ccc1=O.CC(C)n1nc(CS(=O)(=O)c2ccc(Br)cc2)ccc1=O.COC(=O)c1ccc(=O)[nH]n1.COC(=O)c1ccc(=O)n(C(C)C)n1. The van der Waals surface area contributed by atoms with Gasteiger partial charge in [0.2, 0.25) is 0 Å². The Balaban J connectivity index is 0.000000271. The molecule has 0 saturated carbocycles. The highest BCUT2D eigenvalue weighted by molar-refractivity contribution is 9.10. The summed E-state index contributed by atoms with van der Waals surface area (Å²) < 4.78 is 105. The molecule has 1 aliphatic heterocycles. The number of aliphatic hydroxyl groups is 1. The van der Waals surface area contributed by atoms with Gasteiger partial charge in [0.25, 0.3) is 43.5 Å². The minimum absolute atomic E-state index is 0.0315. The number of hydrogen-bond acceptors (Lipinski definition) is 26. The number of aliphatic hydroxyl groups excluding tert-OH is 1. The number of ether oxygens (including phenoxy) is 2. The summed E-state index contributed by atoms with van der Waals surface area (Å²) in [4.78, 5) is 89.9. The lowest BCUT2D eigenvalue weighted by atomic mass is 9.79. The van der Waals surface area contributed by atoms with Crippen LogP contribution >= 0.6 is 15.9 Å². The molecule has 1 fully saturated rings. The number of sulfone groups is 2. The first-order chi connectivity index (χ1) is 47.8. The molecule has 1 aliphatic rings. The first-order valence-corrected chi connectivity index (χ1v) is 37.6. The lowest BCUT2D eigenvalue weighted by Crippen LogP contribution is -2.41. The Hall–Kier alpha value is -9.11. The van der Waals surface area contributed by atoms with Gasteiger partial charge in [-0.3, -0.25) is 33.0 Å². The highest BCUT2D eigenvalue weighted by Crippen LogP contribution is 2.36. The average Bonchev–Trinajstić information content (AvgIpc) is 1.63. The molecule has 0 radical (unpaired) electrons.